The molecule has 0 spiro atoms. The molecular formula is C28H53N3O4. The lowest BCUT2D eigenvalue weighted by molar-refractivity contribution is -0.230. The van der Waals surface area contributed by atoms with E-state index in [9.17, 15) is 5.11 Å². The van der Waals surface area contributed by atoms with Crippen molar-refractivity contribution < 1.29 is 19.3 Å². The van der Waals surface area contributed by atoms with E-state index in [1.165, 1.54) is 6.42 Å². The summed E-state index contributed by atoms with van der Waals surface area (Å²) in [7, 11) is 0. The van der Waals surface area contributed by atoms with Crippen LogP contribution in [0.15, 0.2) is 0 Å². The van der Waals surface area contributed by atoms with Crippen molar-refractivity contribution in [2.75, 3.05) is 39.5 Å². The van der Waals surface area contributed by atoms with Crippen molar-refractivity contribution in [3.05, 3.63) is 0 Å². The Labute approximate surface area is 213 Å². The molecule has 4 fully saturated rings. The normalized spacial score (nSPS) is 45.1. The fourth-order valence-corrected chi connectivity index (χ4v) is 8.63. The average molecular weight is 496 g/mol. The van der Waals surface area contributed by atoms with Gasteiger partial charge in [-0.1, -0.05) is 13.8 Å². The van der Waals surface area contributed by atoms with Gasteiger partial charge in [-0.15, -0.1) is 0 Å². The summed E-state index contributed by atoms with van der Waals surface area (Å²) in [4.78, 5) is 0. The molecule has 204 valence electrons. The zero-order valence-electron chi connectivity index (χ0n) is 22.3. The van der Waals surface area contributed by atoms with Gasteiger partial charge in [0.25, 0.3) is 0 Å². The molecule has 0 saturated heterocycles. The molecule has 4 rings (SSSR count). The number of hydrogen-bond donors (Lipinski definition) is 4. The number of rotatable bonds is 12. The van der Waals surface area contributed by atoms with Crippen LogP contribution in [0.2, 0.25) is 0 Å². The predicted molar refractivity (Wildman–Crippen MR) is 139 cm³/mol. The fraction of sp³-hybridized carbons (Fsp3) is 1.00. The number of aliphatic hydroxyl groups excluding tert-OH is 1. The van der Waals surface area contributed by atoms with Crippen LogP contribution in [0.3, 0.4) is 0 Å². The van der Waals surface area contributed by atoms with Gasteiger partial charge in [-0.3, -0.25) is 0 Å². The molecule has 0 aromatic heterocycles. The van der Waals surface area contributed by atoms with E-state index in [1.807, 2.05) is 0 Å². The summed E-state index contributed by atoms with van der Waals surface area (Å²) < 4.78 is 19.5. The van der Waals surface area contributed by atoms with Crippen LogP contribution in [0.25, 0.3) is 0 Å². The number of fused-ring (bicyclic) bond motifs is 5. The Hall–Kier alpha value is -0.280. The molecule has 0 aromatic carbocycles. The summed E-state index contributed by atoms with van der Waals surface area (Å²) in [5, 5.41) is 11.2. The molecule has 10 atom stereocenters. The van der Waals surface area contributed by atoms with E-state index < -0.39 is 0 Å². The summed E-state index contributed by atoms with van der Waals surface area (Å²) >= 11 is 0. The van der Waals surface area contributed by atoms with Gasteiger partial charge >= 0.3 is 0 Å². The van der Waals surface area contributed by atoms with Crippen molar-refractivity contribution in [3.63, 3.8) is 0 Å². The first-order valence-electron chi connectivity index (χ1n) is 14.5. The van der Waals surface area contributed by atoms with E-state index >= 15 is 0 Å². The number of aliphatic hydroxyl groups is 1. The fourth-order valence-electron chi connectivity index (χ4n) is 8.63. The van der Waals surface area contributed by atoms with Crippen LogP contribution in [0.1, 0.15) is 78.1 Å². The van der Waals surface area contributed by atoms with E-state index in [-0.39, 0.29) is 29.1 Å². The lowest BCUT2D eigenvalue weighted by atomic mass is 9.43. The van der Waals surface area contributed by atoms with Crippen molar-refractivity contribution >= 4 is 0 Å². The molecule has 7 nitrogen and oxygen atoms in total. The first kappa shape index (κ1) is 27.7. The Morgan fingerprint density at radius 2 is 1.43 bits per heavy atom. The van der Waals surface area contributed by atoms with Crippen LogP contribution in [0, 0.1) is 34.5 Å². The maximum absolute atomic E-state index is 11.2. The second kappa shape index (κ2) is 12.1. The van der Waals surface area contributed by atoms with Gasteiger partial charge in [-0.05, 0) is 113 Å². The second-order valence-electron chi connectivity index (χ2n) is 12.4. The van der Waals surface area contributed by atoms with Gasteiger partial charge in [0.15, 0.2) is 0 Å². The molecule has 0 bridgehead atoms. The molecule has 4 saturated carbocycles. The summed E-state index contributed by atoms with van der Waals surface area (Å²) in [6, 6.07) is 0. The Kier molecular flexibility index (Phi) is 9.56. The summed E-state index contributed by atoms with van der Waals surface area (Å²) in [6.45, 7) is 9.01. The van der Waals surface area contributed by atoms with E-state index in [1.54, 1.807) is 0 Å². The standard InChI is InChI=1S/C28H53N3O4/c1-27-9-8-20(33-13-3-10-29)16-19(27)17-23(34-14-4-11-30)26-21-6-7-24(32)28(21,2)25(18-22(26)27)35-15-5-12-31/h19-26,32H,3-18,29-31H2,1-2H3/t19?,20-,21+,22+,23-,24+,25+,26?,27+,28+/m1/s1. The van der Waals surface area contributed by atoms with E-state index in [0.29, 0.717) is 56.0 Å². The van der Waals surface area contributed by atoms with Gasteiger partial charge in [0.1, 0.15) is 0 Å². The highest BCUT2D eigenvalue weighted by Gasteiger charge is 2.66. The molecule has 35 heavy (non-hydrogen) atoms. The first-order valence-corrected chi connectivity index (χ1v) is 14.5. The third-order valence-electron chi connectivity index (χ3n) is 10.7. The largest absolute Gasteiger partial charge is 0.392 e. The molecular weight excluding hydrogens is 442 g/mol. The van der Waals surface area contributed by atoms with Gasteiger partial charge in [-0.2, -0.15) is 0 Å². The minimum Gasteiger partial charge on any atom is -0.392 e. The molecule has 7 heteroatoms. The maximum atomic E-state index is 11.2. The highest BCUT2D eigenvalue weighted by atomic mass is 16.5. The highest BCUT2D eigenvalue weighted by molar-refractivity contribution is 5.15. The van der Waals surface area contributed by atoms with E-state index in [4.69, 9.17) is 31.4 Å². The van der Waals surface area contributed by atoms with Crippen LogP contribution in [-0.4, -0.2) is 69.0 Å². The Morgan fingerprint density at radius 3 is 2.11 bits per heavy atom. The van der Waals surface area contributed by atoms with E-state index in [0.717, 1.165) is 71.0 Å². The average Bonchev–Trinajstić information content (AvgIpc) is 3.15. The van der Waals surface area contributed by atoms with Crippen LogP contribution >= 0.6 is 0 Å². The predicted octanol–water partition coefficient (Wildman–Crippen LogP) is 2.81. The highest BCUT2D eigenvalue weighted by Crippen LogP contribution is 2.67. The van der Waals surface area contributed by atoms with Gasteiger partial charge < -0.3 is 36.5 Å². The molecule has 4 aliphatic carbocycles. The third-order valence-corrected chi connectivity index (χ3v) is 10.7. The van der Waals surface area contributed by atoms with Crippen molar-refractivity contribution in [1.82, 2.24) is 0 Å². The maximum Gasteiger partial charge on any atom is 0.0659 e. The van der Waals surface area contributed by atoms with Crippen LogP contribution in [0.4, 0.5) is 0 Å². The van der Waals surface area contributed by atoms with Gasteiger partial charge in [-0.25, -0.2) is 0 Å². The number of ether oxygens (including phenoxy) is 3. The smallest absolute Gasteiger partial charge is 0.0659 e. The topological polar surface area (TPSA) is 126 Å². The molecule has 4 aliphatic rings. The van der Waals surface area contributed by atoms with Crippen molar-refractivity contribution in [3.8, 4) is 0 Å². The number of nitrogens with two attached hydrogens (primary N) is 3. The Bertz CT molecular complexity index is 668. The molecule has 0 aliphatic heterocycles. The van der Waals surface area contributed by atoms with Crippen molar-refractivity contribution in [2.24, 2.45) is 51.7 Å². The van der Waals surface area contributed by atoms with Crippen molar-refractivity contribution in [2.45, 2.75) is 102 Å². The van der Waals surface area contributed by atoms with Gasteiger partial charge in [0.05, 0.1) is 24.4 Å². The molecule has 0 aromatic rings. The van der Waals surface area contributed by atoms with Crippen molar-refractivity contribution in [1.29, 1.82) is 0 Å². The molecule has 0 radical (unpaired) electrons. The zero-order chi connectivity index (χ0) is 25.1. The minimum absolute atomic E-state index is 0.0802. The SMILES string of the molecule is C[C@]12[C@@H](OCCCN)C[C@H]3C([C@H](OCCCN)CC4C[C@H](OCCCN)CC[C@@]43C)[C@@H]1CC[C@@H]2O. The summed E-state index contributed by atoms with van der Waals surface area (Å²) in [6.07, 6.45) is 10.5. The lowest BCUT2D eigenvalue weighted by Crippen LogP contribution is -2.63. The molecule has 0 heterocycles. The monoisotopic (exact) mass is 495 g/mol. The Morgan fingerprint density at radius 1 is 0.771 bits per heavy atom. The summed E-state index contributed by atoms with van der Waals surface area (Å²) in [5.41, 5.74) is 17.3. The second-order valence-corrected chi connectivity index (χ2v) is 12.4. The van der Waals surface area contributed by atoms with Gasteiger partial charge in [0.2, 0.25) is 0 Å². The zero-order valence-corrected chi connectivity index (χ0v) is 22.3. The minimum atomic E-state index is -0.307. The summed E-state index contributed by atoms with van der Waals surface area (Å²) in [5.74, 6) is 2.03. The third kappa shape index (κ3) is 5.34. The number of hydrogen-bond acceptors (Lipinski definition) is 7. The van der Waals surface area contributed by atoms with Gasteiger partial charge in [0, 0.05) is 25.2 Å². The van der Waals surface area contributed by atoms with E-state index in [2.05, 4.69) is 13.8 Å². The molecule has 0 amide bonds. The molecule has 2 unspecified atom stereocenters. The molecule has 7 N–H and O–H groups in total. The van der Waals surface area contributed by atoms with Crippen LogP contribution < -0.4 is 17.2 Å². The van der Waals surface area contributed by atoms with Crippen LogP contribution in [0.5, 0.6) is 0 Å². The first-order chi connectivity index (χ1) is 16.9. The lowest BCUT2D eigenvalue weighted by Gasteiger charge is -2.64. The quantitative estimate of drug-likeness (QED) is 0.307. The Balaban J connectivity index is 1.60. The van der Waals surface area contributed by atoms with Crippen LogP contribution in [-0.2, 0) is 14.2 Å².